The van der Waals surface area contributed by atoms with Crippen molar-refractivity contribution in [2.75, 3.05) is 0 Å². The van der Waals surface area contributed by atoms with Crippen molar-refractivity contribution in [1.29, 1.82) is 0 Å². The highest BCUT2D eigenvalue weighted by Gasteiger charge is 2.27. The molecule has 2 aliphatic rings. The first-order valence-corrected chi connectivity index (χ1v) is 10.1. The topological polar surface area (TPSA) is 0 Å². The second-order valence-electron chi connectivity index (χ2n) is 8.30. The molecule has 0 amide bonds. The molecular weight excluding hydrogens is 302 g/mol. The van der Waals surface area contributed by atoms with Crippen LogP contribution in [0.5, 0.6) is 0 Å². The molecule has 1 aromatic rings. The molecule has 1 aromatic carbocycles. The molecule has 0 unspecified atom stereocenters. The zero-order valence-electron chi connectivity index (χ0n) is 15.1. The Morgan fingerprint density at radius 3 is 1.96 bits per heavy atom. The Morgan fingerprint density at radius 2 is 1.38 bits per heavy atom. The third-order valence-corrected chi connectivity index (χ3v) is 6.59. The van der Waals surface area contributed by atoms with Gasteiger partial charge < -0.3 is 0 Å². The summed E-state index contributed by atoms with van der Waals surface area (Å²) < 4.78 is 26.5. The van der Waals surface area contributed by atoms with Gasteiger partial charge in [-0.1, -0.05) is 51.5 Å². The van der Waals surface area contributed by atoms with E-state index in [4.69, 9.17) is 0 Å². The summed E-state index contributed by atoms with van der Waals surface area (Å²) in [5.41, 5.74) is 0.993. The summed E-state index contributed by atoms with van der Waals surface area (Å²) in [6.45, 7) is 2.30. The molecule has 2 fully saturated rings. The lowest BCUT2D eigenvalue weighted by Gasteiger charge is -2.34. The predicted molar refractivity (Wildman–Crippen MR) is 96.0 cm³/mol. The van der Waals surface area contributed by atoms with Crippen molar-refractivity contribution in [3.05, 3.63) is 35.4 Å². The Bertz CT molecular complexity index is 509. The summed E-state index contributed by atoms with van der Waals surface area (Å²) in [4.78, 5) is 0. The summed E-state index contributed by atoms with van der Waals surface area (Å²) in [5.74, 6) is 1.80. The van der Waals surface area contributed by atoms with E-state index in [9.17, 15) is 8.78 Å². The van der Waals surface area contributed by atoms with E-state index in [1.807, 2.05) is 0 Å². The average molecular weight is 334 g/mol. The Balaban J connectivity index is 1.43. The molecule has 2 heteroatoms. The van der Waals surface area contributed by atoms with Crippen molar-refractivity contribution in [2.24, 2.45) is 17.8 Å². The third kappa shape index (κ3) is 4.58. The SMILES string of the molecule is CCCC1CCC(CC2CCC(c3ccc(F)c(F)c3)CC2)CC1. The fourth-order valence-electron chi connectivity index (χ4n) is 5.13. The van der Waals surface area contributed by atoms with Gasteiger partial charge in [0.05, 0.1) is 0 Å². The van der Waals surface area contributed by atoms with Gasteiger partial charge in [0.1, 0.15) is 0 Å². The first-order valence-electron chi connectivity index (χ1n) is 10.1. The highest BCUT2D eigenvalue weighted by molar-refractivity contribution is 5.22. The van der Waals surface area contributed by atoms with Gasteiger partial charge in [0.2, 0.25) is 0 Å². The van der Waals surface area contributed by atoms with Crippen LogP contribution in [-0.4, -0.2) is 0 Å². The van der Waals surface area contributed by atoms with E-state index in [0.717, 1.165) is 36.2 Å². The lowest BCUT2D eigenvalue weighted by Crippen LogP contribution is -2.20. The lowest BCUT2D eigenvalue weighted by molar-refractivity contribution is 0.200. The van der Waals surface area contributed by atoms with Crippen LogP contribution in [0.3, 0.4) is 0 Å². The molecule has 0 atom stereocenters. The molecule has 0 heterocycles. The van der Waals surface area contributed by atoms with Crippen molar-refractivity contribution in [1.82, 2.24) is 0 Å². The first-order chi connectivity index (χ1) is 11.7. The molecule has 134 valence electrons. The summed E-state index contributed by atoms with van der Waals surface area (Å²) in [7, 11) is 0. The van der Waals surface area contributed by atoms with Gasteiger partial charge in [-0.15, -0.1) is 0 Å². The van der Waals surface area contributed by atoms with Crippen LogP contribution in [0, 0.1) is 29.4 Å². The highest BCUT2D eigenvalue weighted by Crippen LogP contribution is 2.41. The molecule has 0 radical (unpaired) electrons. The third-order valence-electron chi connectivity index (χ3n) is 6.59. The molecule has 0 spiro atoms. The number of benzene rings is 1. The quantitative estimate of drug-likeness (QED) is 0.532. The summed E-state index contributed by atoms with van der Waals surface area (Å²) in [5, 5.41) is 0. The normalized spacial score (nSPS) is 31.1. The largest absolute Gasteiger partial charge is 0.204 e. The van der Waals surface area contributed by atoms with Gasteiger partial charge in [-0.25, -0.2) is 8.78 Å². The Labute approximate surface area is 146 Å². The Hall–Kier alpha value is -0.920. The Morgan fingerprint density at radius 1 is 0.792 bits per heavy atom. The monoisotopic (exact) mass is 334 g/mol. The fraction of sp³-hybridized carbons (Fsp3) is 0.727. The van der Waals surface area contributed by atoms with Crippen LogP contribution >= 0.6 is 0 Å². The van der Waals surface area contributed by atoms with Gasteiger partial charge in [0.15, 0.2) is 11.6 Å². The average Bonchev–Trinajstić information content (AvgIpc) is 2.60. The molecule has 0 N–H and O–H groups in total. The number of rotatable bonds is 5. The standard InChI is InChI=1S/C22H32F2/c1-2-3-16-4-6-17(7-5-16)14-18-8-10-19(11-9-18)20-12-13-21(23)22(24)15-20/h12-13,15-19H,2-11,14H2,1H3. The summed E-state index contributed by atoms with van der Waals surface area (Å²) in [6, 6.07) is 4.47. The zero-order chi connectivity index (χ0) is 16.9. The lowest BCUT2D eigenvalue weighted by atomic mass is 9.72. The van der Waals surface area contributed by atoms with Crippen LogP contribution < -0.4 is 0 Å². The van der Waals surface area contributed by atoms with Crippen LogP contribution in [0.4, 0.5) is 8.78 Å². The fourth-order valence-corrected chi connectivity index (χ4v) is 5.13. The van der Waals surface area contributed by atoms with E-state index in [0.29, 0.717) is 5.92 Å². The molecule has 0 nitrogen and oxygen atoms in total. The summed E-state index contributed by atoms with van der Waals surface area (Å²) in [6.07, 6.45) is 14.7. The van der Waals surface area contributed by atoms with Crippen LogP contribution in [0.2, 0.25) is 0 Å². The van der Waals surface area contributed by atoms with E-state index >= 15 is 0 Å². The van der Waals surface area contributed by atoms with Crippen molar-refractivity contribution >= 4 is 0 Å². The van der Waals surface area contributed by atoms with Crippen molar-refractivity contribution in [3.63, 3.8) is 0 Å². The minimum Gasteiger partial charge on any atom is -0.204 e. The predicted octanol–water partition coefficient (Wildman–Crippen LogP) is 7.24. The molecule has 0 aliphatic heterocycles. The van der Waals surface area contributed by atoms with Crippen molar-refractivity contribution in [3.8, 4) is 0 Å². The van der Waals surface area contributed by atoms with Crippen LogP contribution in [0.15, 0.2) is 18.2 Å². The maximum Gasteiger partial charge on any atom is 0.159 e. The van der Waals surface area contributed by atoms with Gasteiger partial charge in [0.25, 0.3) is 0 Å². The molecule has 2 saturated carbocycles. The molecular formula is C22H32F2. The maximum atomic E-state index is 13.4. The van der Waals surface area contributed by atoms with Gasteiger partial charge in [-0.05, 0) is 73.5 Å². The second-order valence-corrected chi connectivity index (χ2v) is 8.30. The van der Waals surface area contributed by atoms with Gasteiger partial charge in [-0.3, -0.25) is 0 Å². The van der Waals surface area contributed by atoms with Gasteiger partial charge in [0, 0.05) is 0 Å². The molecule has 3 rings (SSSR count). The van der Waals surface area contributed by atoms with Gasteiger partial charge in [-0.2, -0.15) is 0 Å². The van der Waals surface area contributed by atoms with E-state index in [1.54, 1.807) is 6.07 Å². The van der Waals surface area contributed by atoms with Crippen LogP contribution in [0.25, 0.3) is 0 Å². The number of hydrogen-bond acceptors (Lipinski definition) is 0. The molecule has 0 bridgehead atoms. The minimum atomic E-state index is -0.730. The molecule has 0 aromatic heterocycles. The smallest absolute Gasteiger partial charge is 0.159 e. The molecule has 0 saturated heterocycles. The van der Waals surface area contributed by atoms with Crippen molar-refractivity contribution < 1.29 is 8.78 Å². The second kappa shape index (κ2) is 8.45. The minimum absolute atomic E-state index is 0.427. The number of hydrogen-bond donors (Lipinski definition) is 0. The summed E-state index contributed by atoms with van der Waals surface area (Å²) >= 11 is 0. The first kappa shape index (κ1) is 17.9. The van der Waals surface area contributed by atoms with E-state index < -0.39 is 11.6 Å². The Kier molecular flexibility index (Phi) is 6.30. The highest BCUT2D eigenvalue weighted by atomic mass is 19.2. The maximum absolute atomic E-state index is 13.4. The van der Waals surface area contributed by atoms with Crippen molar-refractivity contribution in [2.45, 2.75) is 83.5 Å². The van der Waals surface area contributed by atoms with Crippen LogP contribution in [-0.2, 0) is 0 Å². The van der Waals surface area contributed by atoms with Crippen LogP contribution in [0.1, 0.15) is 89.0 Å². The van der Waals surface area contributed by atoms with E-state index in [-0.39, 0.29) is 0 Å². The molecule has 2 aliphatic carbocycles. The van der Waals surface area contributed by atoms with E-state index in [1.165, 1.54) is 69.9 Å². The molecule has 24 heavy (non-hydrogen) atoms. The van der Waals surface area contributed by atoms with Gasteiger partial charge >= 0.3 is 0 Å². The van der Waals surface area contributed by atoms with E-state index in [2.05, 4.69) is 6.92 Å². The number of halogens is 2. The zero-order valence-corrected chi connectivity index (χ0v) is 15.1.